The van der Waals surface area contributed by atoms with Crippen LogP contribution in [0, 0.1) is 59.2 Å². The van der Waals surface area contributed by atoms with Crippen molar-refractivity contribution in [2.45, 2.75) is 283 Å². The molecule has 0 rings (SSSR count). The van der Waals surface area contributed by atoms with Gasteiger partial charge in [0.15, 0.2) is 11.6 Å². The molecule has 626 valence electrons. The Hall–Kier alpha value is -7.36. The Labute approximate surface area is 652 Å². The molecule has 0 spiro atoms. The van der Waals surface area contributed by atoms with Gasteiger partial charge in [0.25, 0.3) is 0 Å². The fraction of sp³-hybridized carbons (Fsp3) is 0.802. The zero-order valence-corrected chi connectivity index (χ0v) is 72.5. The van der Waals surface area contributed by atoms with E-state index in [1.165, 1.54) is 99.5 Å². The SMILES string of the molecule is C/C=C/C[C@@H](C)[C@@H](OC(C)=O)[C@@H](C(=O)N[C@@H](CC)C(=O)OCCN(C)C(C)=O)N(C)C(=O)[C@H](C(C)C)N(C)C(=O)[C@H](CC(C)C)N(C)C(=O)[C@H](CC(C)C)N(C)C(=O)[C@@H](C)CC(=O)[C@H](C)CC(=O)[C@H](CC(C)C)N(C)C(=O)[C@@H](CC(=O)[C@H]([C@H](C)COCC(C)(C)O)N(C)C(=O)[C@@H](C)N(C)C(=O)OC(C)(C)C)C(C)C. The Bertz CT molecular complexity index is 3070. The summed E-state index contributed by atoms with van der Waals surface area (Å²) >= 11 is 0. The number of hydrogen-bond donors (Lipinski definition) is 2. The summed E-state index contributed by atoms with van der Waals surface area (Å²) in [7, 11) is 11.6. The van der Waals surface area contributed by atoms with Crippen LogP contribution < -0.4 is 5.32 Å². The van der Waals surface area contributed by atoms with Crippen LogP contribution >= 0.6 is 0 Å². The number of ketones is 3. The number of carbonyl (C=O) groups excluding carboxylic acids is 14. The first-order valence-electron chi connectivity index (χ1n) is 38.9. The summed E-state index contributed by atoms with van der Waals surface area (Å²) in [6.45, 7) is 40.3. The molecule has 28 heteroatoms. The van der Waals surface area contributed by atoms with Crippen LogP contribution in [0.5, 0.6) is 0 Å². The van der Waals surface area contributed by atoms with Gasteiger partial charge in [0, 0.05) is 113 Å². The highest BCUT2D eigenvalue weighted by Gasteiger charge is 2.47. The largest absolute Gasteiger partial charge is 0.462 e. The first-order valence-corrected chi connectivity index (χ1v) is 38.9. The lowest BCUT2D eigenvalue weighted by molar-refractivity contribution is -0.164. The van der Waals surface area contributed by atoms with Gasteiger partial charge in [-0.1, -0.05) is 116 Å². The van der Waals surface area contributed by atoms with Gasteiger partial charge in [0.2, 0.25) is 47.3 Å². The molecule has 0 bridgehead atoms. The Morgan fingerprint density at radius 3 is 1.42 bits per heavy atom. The summed E-state index contributed by atoms with van der Waals surface area (Å²) in [5, 5.41) is 13.1. The highest BCUT2D eigenvalue weighted by atomic mass is 16.6. The first kappa shape index (κ1) is 102. The molecular weight excluding hydrogens is 1400 g/mol. The summed E-state index contributed by atoms with van der Waals surface area (Å²) < 4.78 is 22.7. The Morgan fingerprint density at radius 1 is 0.505 bits per heavy atom. The molecule has 2 N–H and O–H groups in total. The molecule has 9 amide bonds. The van der Waals surface area contributed by atoms with Crippen LogP contribution in [-0.2, 0) is 81.3 Å². The minimum atomic E-state index is -1.57. The monoisotopic (exact) mass is 1550 g/mol. The normalized spacial score (nSPS) is 15.9. The summed E-state index contributed by atoms with van der Waals surface area (Å²) in [6.07, 6.45) is 1.41. The smallest absolute Gasteiger partial charge is 0.410 e. The number of amides is 9. The number of Topliss-reactive ketones (excluding diaryl/α,β-unsaturated/α-hetero) is 3. The lowest BCUT2D eigenvalue weighted by atomic mass is 9.83. The highest BCUT2D eigenvalue weighted by Crippen LogP contribution is 2.30. The van der Waals surface area contributed by atoms with E-state index >= 15 is 14.4 Å². The number of esters is 2. The van der Waals surface area contributed by atoms with E-state index in [4.69, 9.17) is 18.9 Å². The topological polar surface area (TPSA) is 334 Å². The van der Waals surface area contributed by atoms with E-state index < -0.39 is 184 Å². The number of rotatable bonds is 47. The average molecular weight is 1550 g/mol. The third-order valence-electron chi connectivity index (χ3n) is 19.9. The number of likely N-dealkylation sites (N-methyl/N-ethyl adjacent to an activating group) is 8. The summed E-state index contributed by atoms with van der Waals surface area (Å²) in [5.74, 6) is -13.4. The molecule has 0 heterocycles. The standard InChI is InChI=1S/C81H143N9O19/c1-33-35-36-52(13)70(108-58(19)92)69(71(96)82-60(34-2)78(103)107-38-37-83(25)57(18)91)90(32)77(102)67(51(11)12)88(30)76(101)63(41-49(7)8)87(29)75(100)62(40-48(5)6)86(28)72(97)54(15)43-64(93)53(14)42-65(94)61(39-47(3)4)85(27)74(99)59(50(9)10)44-66(95)68(55(16)45-106-46-81(23,24)105)89(31)73(98)56(17)84(26)79(104)109-80(20,21)22/h33,35,47-56,59-63,67-70,105H,34,36-46H2,1-32H3,(H,82,96)/b35-33+/t52-,53-,54+,55-,56-,59+,60+,61+,62+,63+,67+,68+,69+,70-/m1/s1. The fourth-order valence-corrected chi connectivity index (χ4v) is 13.1. The van der Waals surface area contributed by atoms with Crippen molar-refractivity contribution in [2.75, 3.05) is 82.7 Å². The van der Waals surface area contributed by atoms with Crippen molar-refractivity contribution in [1.82, 2.24) is 44.5 Å². The van der Waals surface area contributed by atoms with Gasteiger partial charge in [-0.05, 0) is 116 Å². The second-order valence-corrected chi connectivity index (χ2v) is 33.9. The van der Waals surface area contributed by atoms with Crippen molar-refractivity contribution in [3.63, 3.8) is 0 Å². The maximum Gasteiger partial charge on any atom is 0.410 e. The van der Waals surface area contributed by atoms with E-state index in [9.17, 15) is 57.8 Å². The van der Waals surface area contributed by atoms with E-state index in [1.807, 2.05) is 47.6 Å². The molecule has 0 aromatic carbocycles. The third-order valence-corrected chi connectivity index (χ3v) is 19.9. The summed E-state index contributed by atoms with van der Waals surface area (Å²) in [6, 6.07) is -9.74. The molecule has 28 nitrogen and oxygen atoms in total. The molecular formula is C81H143N9O19. The van der Waals surface area contributed by atoms with Crippen LogP contribution in [0.1, 0.15) is 218 Å². The zero-order chi connectivity index (χ0) is 85.1. The van der Waals surface area contributed by atoms with Gasteiger partial charge < -0.3 is 63.7 Å². The van der Waals surface area contributed by atoms with Crippen molar-refractivity contribution in [1.29, 1.82) is 0 Å². The average Bonchev–Trinajstić information content (AvgIpc) is 0.774. The Kier molecular flexibility index (Phi) is 43.3. The van der Waals surface area contributed by atoms with Crippen LogP contribution in [-0.4, -0.2) is 275 Å². The van der Waals surface area contributed by atoms with Crippen LogP contribution in [0.2, 0.25) is 0 Å². The lowest BCUT2D eigenvalue weighted by Crippen LogP contribution is -2.63. The molecule has 109 heavy (non-hydrogen) atoms. The van der Waals surface area contributed by atoms with Crippen molar-refractivity contribution in [3.8, 4) is 0 Å². The predicted molar refractivity (Wildman–Crippen MR) is 418 cm³/mol. The van der Waals surface area contributed by atoms with E-state index in [0.717, 1.165) is 9.80 Å². The van der Waals surface area contributed by atoms with Crippen molar-refractivity contribution >= 4 is 82.6 Å². The molecule has 0 saturated carbocycles. The minimum Gasteiger partial charge on any atom is -0.462 e. The number of aliphatic hydroxyl groups is 1. The number of hydrogen-bond acceptors (Lipinski definition) is 19. The molecule has 0 aliphatic rings. The molecule has 14 atom stereocenters. The van der Waals surface area contributed by atoms with Gasteiger partial charge in [-0.3, -0.25) is 62.4 Å². The predicted octanol–water partition coefficient (Wildman–Crippen LogP) is 8.29. The summed E-state index contributed by atoms with van der Waals surface area (Å²) in [5.41, 5.74) is -2.07. The number of nitrogens with zero attached hydrogens (tertiary/aromatic N) is 8. The summed E-state index contributed by atoms with van der Waals surface area (Å²) in [4.78, 5) is 210. The molecule has 0 aromatic rings. The first-order chi connectivity index (χ1) is 50.0. The fourth-order valence-electron chi connectivity index (χ4n) is 13.1. The number of allylic oxidation sites excluding steroid dienone is 2. The van der Waals surface area contributed by atoms with Crippen LogP contribution in [0.15, 0.2) is 12.2 Å². The van der Waals surface area contributed by atoms with Gasteiger partial charge in [-0.15, -0.1) is 0 Å². The van der Waals surface area contributed by atoms with Crippen molar-refractivity contribution in [3.05, 3.63) is 12.2 Å². The van der Waals surface area contributed by atoms with Gasteiger partial charge in [-0.2, -0.15) is 0 Å². The van der Waals surface area contributed by atoms with Gasteiger partial charge in [0.05, 0.1) is 37.4 Å². The van der Waals surface area contributed by atoms with Gasteiger partial charge in [-0.25, -0.2) is 9.59 Å². The van der Waals surface area contributed by atoms with Gasteiger partial charge >= 0.3 is 18.0 Å². The van der Waals surface area contributed by atoms with E-state index in [0.29, 0.717) is 6.42 Å². The highest BCUT2D eigenvalue weighted by molar-refractivity contribution is 5.99. The molecule has 0 unspecified atom stereocenters. The molecule has 0 aliphatic carbocycles. The van der Waals surface area contributed by atoms with Crippen LogP contribution in [0.25, 0.3) is 0 Å². The number of ether oxygens (including phenoxy) is 4. The van der Waals surface area contributed by atoms with E-state index in [2.05, 4.69) is 5.32 Å². The second kappa shape index (κ2) is 46.5. The zero-order valence-electron chi connectivity index (χ0n) is 72.5. The van der Waals surface area contributed by atoms with Crippen LogP contribution in [0.4, 0.5) is 4.79 Å². The van der Waals surface area contributed by atoms with Crippen molar-refractivity contribution in [2.24, 2.45) is 59.2 Å². The third kappa shape index (κ3) is 32.9. The van der Waals surface area contributed by atoms with Crippen LogP contribution in [0.3, 0.4) is 0 Å². The Balaban J connectivity index is 7.28. The molecule has 0 fully saturated rings. The van der Waals surface area contributed by atoms with Crippen molar-refractivity contribution < 1.29 is 91.2 Å². The molecule has 0 aromatic heterocycles. The molecule has 0 saturated heterocycles. The second-order valence-electron chi connectivity index (χ2n) is 33.9. The maximum atomic E-state index is 15.3. The number of nitrogens with one attached hydrogen (secondary N) is 1. The lowest BCUT2D eigenvalue weighted by Gasteiger charge is -2.42. The Morgan fingerprint density at radius 2 is 0.972 bits per heavy atom. The number of carbonyl (C=O) groups is 14. The van der Waals surface area contributed by atoms with E-state index in [1.54, 1.807) is 117 Å². The quantitative estimate of drug-likeness (QED) is 0.0328. The maximum absolute atomic E-state index is 15.3. The van der Waals surface area contributed by atoms with Gasteiger partial charge in [0.1, 0.15) is 60.3 Å². The molecule has 0 aliphatic heterocycles. The minimum absolute atomic E-state index is 0.0596. The van der Waals surface area contributed by atoms with E-state index in [-0.39, 0.29) is 95.0 Å². The molecule has 0 radical (unpaired) electrons.